The summed E-state index contributed by atoms with van der Waals surface area (Å²) >= 11 is 3.45. The molecule has 0 aliphatic carbocycles. The molecule has 1 aromatic heterocycles. The molecule has 0 N–H and O–H groups in total. The van der Waals surface area contributed by atoms with Gasteiger partial charge in [-0.1, -0.05) is 28.1 Å². The Hall–Kier alpha value is -2.90. The number of hydrogen-bond donors (Lipinski definition) is 0. The van der Waals surface area contributed by atoms with Crippen LogP contribution in [0.1, 0.15) is 34.5 Å². The number of ether oxygens (including phenoxy) is 3. The van der Waals surface area contributed by atoms with E-state index in [1.807, 2.05) is 48.2 Å². The number of carbonyl (C=O) groups is 1. The van der Waals surface area contributed by atoms with Gasteiger partial charge in [0.15, 0.2) is 11.5 Å². The third-order valence-electron chi connectivity index (χ3n) is 5.23. The van der Waals surface area contributed by atoms with Gasteiger partial charge in [0.2, 0.25) is 0 Å². The molecule has 1 aliphatic rings. The van der Waals surface area contributed by atoms with Crippen LogP contribution in [-0.4, -0.2) is 42.1 Å². The van der Waals surface area contributed by atoms with E-state index in [-0.39, 0.29) is 12.0 Å². The number of amides is 1. The van der Waals surface area contributed by atoms with Crippen molar-refractivity contribution in [3.63, 3.8) is 0 Å². The van der Waals surface area contributed by atoms with Gasteiger partial charge in [0.25, 0.3) is 5.91 Å². The second kappa shape index (κ2) is 10.6. The minimum Gasteiger partial charge on any atom is -0.490 e. The molecule has 166 valence electrons. The molecule has 0 spiro atoms. The molecule has 1 saturated heterocycles. The van der Waals surface area contributed by atoms with Crippen molar-refractivity contribution in [1.82, 2.24) is 9.88 Å². The van der Waals surface area contributed by atoms with Crippen LogP contribution in [0.2, 0.25) is 0 Å². The number of morpholine rings is 1. The number of rotatable bonds is 7. The van der Waals surface area contributed by atoms with E-state index in [2.05, 4.69) is 20.9 Å². The van der Waals surface area contributed by atoms with Gasteiger partial charge < -0.3 is 19.1 Å². The Morgan fingerprint density at radius 3 is 2.62 bits per heavy atom. The highest BCUT2D eigenvalue weighted by molar-refractivity contribution is 9.10. The molecular weight excluding hydrogens is 472 g/mol. The molecule has 0 saturated carbocycles. The van der Waals surface area contributed by atoms with Crippen molar-refractivity contribution in [2.45, 2.75) is 19.6 Å². The third kappa shape index (κ3) is 5.47. The Balaban J connectivity index is 1.47. The SMILES string of the molecule is CCOc1cc(C(=O)N2CCOC(c3ccc(Br)cc3)C2)ccc1OCc1ccncc1. The van der Waals surface area contributed by atoms with Crippen molar-refractivity contribution in [2.24, 2.45) is 0 Å². The summed E-state index contributed by atoms with van der Waals surface area (Å²) in [4.78, 5) is 19.1. The maximum absolute atomic E-state index is 13.2. The van der Waals surface area contributed by atoms with Crippen LogP contribution in [0.25, 0.3) is 0 Å². The predicted molar refractivity (Wildman–Crippen MR) is 125 cm³/mol. The lowest BCUT2D eigenvalue weighted by Gasteiger charge is -2.33. The van der Waals surface area contributed by atoms with Gasteiger partial charge in [-0.2, -0.15) is 0 Å². The Morgan fingerprint density at radius 1 is 1.09 bits per heavy atom. The molecule has 2 heterocycles. The van der Waals surface area contributed by atoms with Crippen LogP contribution in [0.5, 0.6) is 11.5 Å². The molecule has 4 rings (SSSR count). The molecule has 2 aromatic carbocycles. The van der Waals surface area contributed by atoms with Gasteiger partial charge in [0.05, 0.1) is 19.8 Å². The summed E-state index contributed by atoms with van der Waals surface area (Å²) in [6, 6.07) is 17.2. The first-order valence-corrected chi connectivity index (χ1v) is 11.4. The summed E-state index contributed by atoms with van der Waals surface area (Å²) < 4.78 is 18.6. The average Bonchev–Trinajstić information content (AvgIpc) is 2.84. The zero-order chi connectivity index (χ0) is 22.3. The number of hydrogen-bond acceptors (Lipinski definition) is 5. The van der Waals surface area contributed by atoms with Crippen LogP contribution in [0, 0.1) is 0 Å². The maximum Gasteiger partial charge on any atom is 0.254 e. The summed E-state index contributed by atoms with van der Waals surface area (Å²) in [5.41, 5.74) is 2.64. The van der Waals surface area contributed by atoms with E-state index in [9.17, 15) is 4.79 Å². The minimum atomic E-state index is -0.143. The normalized spacial score (nSPS) is 15.9. The Bertz CT molecular complexity index is 1040. The van der Waals surface area contributed by atoms with Crippen LogP contribution >= 0.6 is 15.9 Å². The number of benzene rings is 2. The summed E-state index contributed by atoms with van der Waals surface area (Å²) in [5, 5.41) is 0. The molecule has 1 unspecified atom stereocenters. The molecule has 7 heteroatoms. The Morgan fingerprint density at radius 2 is 1.88 bits per heavy atom. The highest BCUT2D eigenvalue weighted by Gasteiger charge is 2.26. The first-order valence-electron chi connectivity index (χ1n) is 10.6. The fourth-order valence-corrected chi connectivity index (χ4v) is 3.83. The standard InChI is InChI=1S/C25H25BrN2O4/c1-2-30-23-15-20(5-8-22(23)32-17-18-9-11-27-12-10-18)25(29)28-13-14-31-24(16-28)19-3-6-21(26)7-4-19/h3-12,15,24H,2,13-14,16-17H2,1H3. The monoisotopic (exact) mass is 496 g/mol. The fraction of sp³-hybridized carbons (Fsp3) is 0.280. The lowest BCUT2D eigenvalue weighted by molar-refractivity contribution is -0.0228. The summed E-state index contributed by atoms with van der Waals surface area (Å²) in [6.07, 6.45) is 3.32. The van der Waals surface area contributed by atoms with E-state index < -0.39 is 0 Å². The van der Waals surface area contributed by atoms with E-state index in [1.165, 1.54) is 0 Å². The molecule has 1 atom stereocenters. The first kappa shape index (κ1) is 22.3. The van der Waals surface area contributed by atoms with Crippen molar-refractivity contribution in [1.29, 1.82) is 0 Å². The van der Waals surface area contributed by atoms with E-state index >= 15 is 0 Å². The van der Waals surface area contributed by atoms with E-state index in [1.54, 1.807) is 30.6 Å². The zero-order valence-electron chi connectivity index (χ0n) is 17.9. The Labute approximate surface area is 196 Å². The number of nitrogens with zero attached hydrogens (tertiary/aromatic N) is 2. The number of pyridine rings is 1. The summed E-state index contributed by atoms with van der Waals surface area (Å²) in [5.74, 6) is 1.12. The largest absolute Gasteiger partial charge is 0.490 e. The van der Waals surface area contributed by atoms with Crippen molar-refractivity contribution in [3.8, 4) is 11.5 Å². The lowest BCUT2D eigenvalue weighted by atomic mass is 10.1. The molecule has 6 nitrogen and oxygen atoms in total. The van der Waals surface area contributed by atoms with Crippen LogP contribution in [0.15, 0.2) is 71.5 Å². The molecule has 1 aliphatic heterocycles. The molecule has 1 amide bonds. The molecule has 0 radical (unpaired) electrons. The zero-order valence-corrected chi connectivity index (χ0v) is 19.5. The van der Waals surface area contributed by atoms with Gasteiger partial charge in [-0.05, 0) is 60.5 Å². The van der Waals surface area contributed by atoms with Crippen LogP contribution in [0.4, 0.5) is 0 Å². The summed E-state index contributed by atoms with van der Waals surface area (Å²) in [7, 11) is 0. The lowest BCUT2D eigenvalue weighted by Crippen LogP contribution is -2.42. The third-order valence-corrected chi connectivity index (χ3v) is 5.76. The smallest absolute Gasteiger partial charge is 0.254 e. The van der Waals surface area contributed by atoms with E-state index in [0.29, 0.717) is 50.0 Å². The number of carbonyl (C=O) groups excluding carboxylic acids is 1. The summed E-state index contributed by atoms with van der Waals surface area (Å²) in [6.45, 7) is 4.34. The van der Waals surface area contributed by atoms with Gasteiger partial charge in [-0.25, -0.2) is 0 Å². The van der Waals surface area contributed by atoms with Crippen molar-refractivity contribution in [3.05, 3.63) is 88.2 Å². The molecular formula is C25H25BrN2O4. The highest BCUT2D eigenvalue weighted by Crippen LogP contribution is 2.31. The van der Waals surface area contributed by atoms with Crippen molar-refractivity contribution >= 4 is 21.8 Å². The number of halogens is 1. The van der Waals surface area contributed by atoms with Gasteiger partial charge in [0.1, 0.15) is 12.7 Å². The maximum atomic E-state index is 13.2. The van der Waals surface area contributed by atoms with E-state index in [0.717, 1.165) is 15.6 Å². The molecule has 32 heavy (non-hydrogen) atoms. The molecule has 3 aromatic rings. The van der Waals surface area contributed by atoms with Gasteiger partial charge in [-0.15, -0.1) is 0 Å². The number of aromatic nitrogens is 1. The minimum absolute atomic E-state index is 0.0444. The molecule has 0 bridgehead atoms. The molecule has 1 fully saturated rings. The predicted octanol–water partition coefficient (Wildman–Crippen LogP) is 5.04. The second-order valence-corrected chi connectivity index (χ2v) is 8.32. The van der Waals surface area contributed by atoms with E-state index in [4.69, 9.17) is 14.2 Å². The highest BCUT2D eigenvalue weighted by atomic mass is 79.9. The Kier molecular flexibility index (Phi) is 7.39. The average molecular weight is 497 g/mol. The van der Waals surface area contributed by atoms with Crippen LogP contribution in [-0.2, 0) is 11.3 Å². The van der Waals surface area contributed by atoms with Gasteiger partial charge in [0, 0.05) is 29.0 Å². The van der Waals surface area contributed by atoms with Crippen molar-refractivity contribution < 1.29 is 19.0 Å². The topological polar surface area (TPSA) is 60.9 Å². The van der Waals surface area contributed by atoms with Crippen LogP contribution < -0.4 is 9.47 Å². The first-order chi connectivity index (χ1) is 15.6. The van der Waals surface area contributed by atoms with Gasteiger partial charge >= 0.3 is 0 Å². The second-order valence-electron chi connectivity index (χ2n) is 7.40. The fourth-order valence-electron chi connectivity index (χ4n) is 3.56. The van der Waals surface area contributed by atoms with Crippen LogP contribution in [0.3, 0.4) is 0 Å². The van der Waals surface area contributed by atoms with Gasteiger partial charge in [-0.3, -0.25) is 9.78 Å². The van der Waals surface area contributed by atoms with Crippen molar-refractivity contribution in [2.75, 3.05) is 26.3 Å². The quantitative estimate of drug-likeness (QED) is 0.458.